The standard InChI is InChI=1S/C30H48O9/c1-9-11-21(33)38-26-23(16(3)4)24-25(30(8,35)28(26)36-18(6)31)20-15-17(5)19(32)13-14-29(7,27(24)37-20)39-22(34)12-10-2/h15-16,19-20,23-28,32,35H,9-14H2,1-8H3. The number of aliphatic hydroxyl groups is 2. The van der Waals surface area contributed by atoms with Crippen molar-refractivity contribution in [3.05, 3.63) is 11.6 Å². The summed E-state index contributed by atoms with van der Waals surface area (Å²) in [4.78, 5) is 38.0. The van der Waals surface area contributed by atoms with Crippen LogP contribution in [0.5, 0.6) is 0 Å². The van der Waals surface area contributed by atoms with Gasteiger partial charge in [0.25, 0.3) is 0 Å². The molecule has 0 radical (unpaired) electrons. The minimum Gasteiger partial charge on any atom is -0.458 e. The van der Waals surface area contributed by atoms with Gasteiger partial charge in [-0.25, -0.2) is 0 Å². The molecule has 10 atom stereocenters. The first-order valence-corrected chi connectivity index (χ1v) is 14.5. The maximum absolute atomic E-state index is 12.8. The molecule has 0 amide bonds. The Balaban J connectivity index is 2.23. The van der Waals surface area contributed by atoms with Crippen molar-refractivity contribution in [1.29, 1.82) is 0 Å². The predicted molar refractivity (Wildman–Crippen MR) is 143 cm³/mol. The fraction of sp³-hybridized carbons (Fsp3) is 0.833. The number of fused-ring (bicyclic) bond motifs is 5. The van der Waals surface area contributed by atoms with Crippen LogP contribution in [0.15, 0.2) is 11.6 Å². The normalized spacial score (nSPS) is 40.0. The van der Waals surface area contributed by atoms with Crippen LogP contribution in [-0.2, 0) is 33.3 Å². The topological polar surface area (TPSA) is 129 Å². The lowest BCUT2D eigenvalue weighted by molar-refractivity contribution is -0.240. The van der Waals surface area contributed by atoms with Crippen LogP contribution in [0.4, 0.5) is 0 Å². The van der Waals surface area contributed by atoms with Gasteiger partial charge in [0.05, 0.1) is 12.2 Å². The molecule has 1 saturated carbocycles. The first-order chi connectivity index (χ1) is 18.2. The molecule has 1 saturated heterocycles. The Bertz CT molecular complexity index is 941. The first-order valence-electron chi connectivity index (χ1n) is 14.5. The summed E-state index contributed by atoms with van der Waals surface area (Å²) < 4.78 is 24.6. The van der Waals surface area contributed by atoms with Gasteiger partial charge >= 0.3 is 17.9 Å². The summed E-state index contributed by atoms with van der Waals surface area (Å²) in [6.07, 6.45) is 0.0609. The van der Waals surface area contributed by atoms with E-state index in [0.717, 1.165) is 0 Å². The maximum Gasteiger partial charge on any atom is 0.306 e. The molecule has 2 N–H and O–H groups in total. The van der Waals surface area contributed by atoms with Gasteiger partial charge in [-0.1, -0.05) is 33.8 Å². The highest BCUT2D eigenvalue weighted by atomic mass is 16.6. The number of rotatable bonds is 8. The molecule has 9 heteroatoms. The number of carbonyl (C=O) groups is 3. The van der Waals surface area contributed by atoms with Crippen molar-refractivity contribution in [2.24, 2.45) is 23.7 Å². The molecule has 10 unspecified atom stereocenters. The summed E-state index contributed by atoms with van der Waals surface area (Å²) in [6, 6.07) is 0. The SMILES string of the molecule is CCCC(=O)OC1C(C(C)C)C2C3OC(C=C(C)C(O)CCC3(C)OC(=O)CCC)C2C(C)(O)C1OC(C)=O. The van der Waals surface area contributed by atoms with E-state index in [2.05, 4.69) is 0 Å². The predicted octanol–water partition coefficient (Wildman–Crippen LogP) is 3.87. The molecular weight excluding hydrogens is 504 g/mol. The van der Waals surface area contributed by atoms with E-state index in [4.69, 9.17) is 18.9 Å². The van der Waals surface area contributed by atoms with Gasteiger partial charge in [-0.2, -0.15) is 0 Å². The number of hydrogen-bond donors (Lipinski definition) is 2. The van der Waals surface area contributed by atoms with E-state index < -0.39 is 65.5 Å². The lowest BCUT2D eigenvalue weighted by Crippen LogP contribution is -2.68. The van der Waals surface area contributed by atoms with Gasteiger partial charge in [-0.3, -0.25) is 14.4 Å². The van der Waals surface area contributed by atoms with Gasteiger partial charge in [-0.05, 0) is 57.9 Å². The molecule has 0 aromatic carbocycles. The van der Waals surface area contributed by atoms with Crippen LogP contribution in [0, 0.1) is 23.7 Å². The molecule has 0 aromatic heterocycles. The average Bonchev–Trinajstić information content (AvgIpc) is 3.21. The Hall–Kier alpha value is -1.97. The molecule has 0 spiro atoms. The van der Waals surface area contributed by atoms with Crippen LogP contribution in [-0.4, -0.2) is 69.8 Å². The second-order valence-corrected chi connectivity index (χ2v) is 12.4. The lowest BCUT2D eigenvalue weighted by Gasteiger charge is -2.54. The Kier molecular flexibility index (Phi) is 9.93. The Morgan fingerprint density at radius 1 is 1.10 bits per heavy atom. The highest BCUT2D eigenvalue weighted by Crippen LogP contribution is 2.57. The van der Waals surface area contributed by atoms with Crippen LogP contribution in [0.2, 0.25) is 0 Å². The van der Waals surface area contributed by atoms with Crippen LogP contribution < -0.4 is 0 Å². The smallest absolute Gasteiger partial charge is 0.306 e. The van der Waals surface area contributed by atoms with Gasteiger partial charge < -0.3 is 29.2 Å². The van der Waals surface area contributed by atoms with Gasteiger partial charge in [0, 0.05) is 37.5 Å². The number of ether oxygens (including phenoxy) is 4. The zero-order valence-electron chi connectivity index (χ0n) is 24.8. The fourth-order valence-electron chi connectivity index (χ4n) is 7.08. The Labute approximate surface area is 232 Å². The van der Waals surface area contributed by atoms with Crippen molar-refractivity contribution in [1.82, 2.24) is 0 Å². The van der Waals surface area contributed by atoms with Crippen LogP contribution in [0.1, 0.15) is 93.9 Å². The van der Waals surface area contributed by atoms with Crippen LogP contribution in [0.25, 0.3) is 0 Å². The van der Waals surface area contributed by atoms with E-state index in [1.807, 2.05) is 47.6 Å². The van der Waals surface area contributed by atoms with Crippen molar-refractivity contribution in [2.45, 2.75) is 136 Å². The quantitative estimate of drug-likeness (QED) is 0.262. The second kappa shape index (κ2) is 12.3. The molecule has 0 aromatic rings. The number of hydrogen-bond acceptors (Lipinski definition) is 9. The second-order valence-electron chi connectivity index (χ2n) is 12.4. The van der Waals surface area contributed by atoms with E-state index in [0.29, 0.717) is 31.3 Å². The van der Waals surface area contributed by atoms with Gasteiger partial charge in [0.15, 0.2) is 6.10 Å². The summed E-state index contributed by atoms with van der Waals surface area (Å²) in [5.41, 5.74) is -2.08. The van der Waals surface area contributed by atoms with E-state index in [-0.39, 0.29) is 30.6 Å². The molecule has 1 aliphatic carbocycles. The molecule has 2 fully saturated rings. The Morgan fingerprint density at radius 2 is 1.72 bits per heavy atom. The van der Waals surface area contributed by atoms with E-state index in [1.54, 1.807) is 6.92 Å². The third-order valence-corrected chi connectivity index (χ3v) is 8.85. The Morgan fingerprint density at radius 3 is 2.28 bits per heavy atom. The number of aliphatic hydroxyl groups excluding tert-OH is 1. The molecular formula is C30H48O9. The van der Waals surface area contributed by atoms with Crippen molar-refractivity contribution in [3.63, 3.8) is 0 Å². The molecule has 2 aliphatic heterocycles. The number of carbonyl (C=O) groups excluding carboxylic acids is 3. The monoisotopic (exact) mass is 552 g/mol. The third-order valence-electron chi connectivity index (χ3n) is 8.85. The fourth-order valence-corrected chi connectivity index (χ4v) is 7.08. The summed E-state index contributed by atoms with van der Waals surface area (Å²) in [6.45, 7) is 14.3. The van der Waals surface area contributed by atoms with Crippen LogP contribution >= 0.6 is 0 Å². The summed E-state index contributed by atoms with van der Waals surface area (Å²) in [5, 5.41) is 23.1. The zero-order chi connectivity index (χ0) is 29.3. The largest absolute Gasteiger partial charge is 0.458 e. The lowest BCUT2D eigenvalue weighted by atomic mass is 9.55. The van der Waals surface area contributed by atoms with Crippen molar-refractivity contribution >= 4 is 17.9 Å². The molecule has 9 nitrogen and oxygen atoms in total. The van der Waals surface area contributed by atoms with Crippen molar-refractivity contribution in [2.75, 3.05) is 0 Å². The van der Waals surface area contributed by atoms with Gasteiger partial charge in [-0.15, -0.1) is 0 Å². The molecule has 3 rings (SSSR count). The zero-order valence-corrected chi connectivity index (χ0v) is 24.8. The summed E-state index contributed by atoms with van der Waals surface area (Å²) in [7, 11) is 0. The summed E-state index contributed by atoms with van der Waals surface area (Å²) >= 11 is 0. The average molecular weight is 553 g/mol. The summed E-state index contributed by atoms with van der Waals surface area (Å²) in [5.74, 6) is -2.81. The molecule has 2 heterocycles. The van der Waals surface area contributed by atoms with Gasteiger partial charge in [0.2, 0.25) is 0 Å². The minimum atomic E-state index is -1.66. The van der Waals surface area contributed by atoms with E-state index >= 15 is 0 Å². The molecule has 3 aliphatic rings. The van der Waals surface area contributed by atoms with Gasteiger partial charge in [0.1, 0.15) is 23.4 Å². The van der Waals surface area contributed by atoms with E-state index in [9.17, 15) is 24.6 Å². The van der Waals surface area contributed by atoms with Crippen molar-refractivity contribution < 1.29 is 43.5 Å². The molecule has 2 bridgehead atoms. The third kappa shape index (κ3) is 6.35. The highest BCUT2D eigenvalue weighted by Gasteiger charge is 2.69. The maximum atomic E-state index is 12.8. The molecule has 222 valence electrons. The highest BCUT2D eigenvalue weighted by molar-refractivity contribution is 5.70. The van der Waals surface area contributed by atoms with E-state index in [1.165, 1.54) is 6.92 Å². The van der Waals surface area contributed by atoms with Crippen molar-refractivity contribution in [3.8, 4) is 0 Å². The first kappa shape index (κ1) is 31.6. The molecule has 39 heavy (non-hydrogen) atoms. The number of esters is 3. The van der Waals surface area contributed by atoms with Crippen LogP contribution in [0.3, 0.4) is 0 Å². The minimum absolute atomic E-state index is 0.0647.